The highest BCUT2D eigenvalue weighted by molar-refractivity contribution is 6.31. The Labute approximate surface area is 76.7 Å². The van der Waals surface area contributed by atoms with Gasteiger partial charge in [-0.05, 0) is 0 Å². The molecule has 0 N–H and O–H groups in total. The van der Waals surface area contributed by atoms with Crippen LogP contribution in [-0.2, 0) is 0 Å². The summed E-state index contributed by atoms with van der Waals surface area (Å²) < 4.78 is 4.95. The number of ether oxygens (including phenoxy) is 1. The molecule has 0 unspecified atom stereocenters. The fourth-order valence-electron chi connectivity index (χ4n) is 0.786. The van der Waals surface area contributed by atoms with Crippen LogP contribution in [0.4, 0.5) is 0 Å². The highest BCUT2D eigenvalue weighted by Crippen LogP contribution is 2.21. The third kappa shape index (κ3) is 1.85. The molecule has 0 aliphatic carbocycles. The van der Waals surface area contributed by atoms with E-state index < -0.39 is 0 Å². The van der Waals surface area contributed by atoms with Crippen LogP contribution in [0.1, 0.15) is 25.6 Å². The maximum atomic E-state index is 5.75. The molecule has 0 atom stereocenters. The SMILES string of the molecule is COc1nc(C(C)C)ncc1Cl. The molecule has 1 rings (SSSR count). The molecule has 0 aliphatic heterocycles. The van der Waals surface area contributed by atoms with Gasteiger partial charge in [0.2, 0.25) is 5.88 Å². The minimum Gasteiger partial charge on any atom is -0.480 e. The van der Waals surface area contributed by atoms with Crippen molar-refractivity contribution in [2.24, 2.45) is 0 Å². The van der Waals surface area contributed by atoms with Crippen LogP contribution in [0.15, 0.2) is 6.20 Å². The molecule has 0 aliphatic rings. The summed E-state index contributed by atoms with van der Waals surface area (Å²) in [6, 6.07) is 0. The zero-order chi connectivity index (χ0) is 9.14. The predicted octanol–water partition coefficient (Wildman–Crippen LogP) is 2.26. The number of hydrogen-bond acceptors (Lipinski definition) is 3. The Morgan fingerprint density at radius 1 is 1.50 bits per heavy atom. The zero-order valence-corrected chi connectivity index (χ0v) is 8.09. The molecule has 0 radical (unpaired) electrons. The monoisotopic (exact) mass is 186 g/mol. The molecule has 1 heterocycles. The van der Waals surface area contributed by atoms with Crippen molar-refractivity contribution in [2.75, 3.05) is 7.11 Å². The average Bonchev–Trinajstić information content (AvgIpc) is 2.05. The molecule has 3 nitrogen and oxygen atoms in total. The van der Waals surface area contributed by atoms with Crippen LogP contribution in [0, 0.1) is 0 Å². The first-order valence-electron chi connectivity index (χ1n) is 3.71. The van der Waals surface area contributed by atoms with Gasteiger partial charge in [0.1, 0.15) is 10.8 Å². The van der Waals surface area contributed by atoms with Crippen molar-refractivity contribution in [2.45, 2.75) is 19.8 Å². The van der Waals surface area contributed by atoms with Crippen molar-refractivity contribution in [1.29, 1.82) is 0 Å². The van der Waals surface area contributed by atoms with Gasteiger partial charge in [-0.1, -0.05) is 25.4 Å². The molecule has 0 fully saturated rings. The standard InChI is InChI=1S/C8H11ClN2O/c1-5(2)7-10-4-6(9)8(11-7)12-3/h4-5H,1-3H3. The minimum atomic E-state index is 0.288. The van der Waals surface area contributed by atoms with Crippen LogP contribution in [0.3, 0.4) is 0 Å². The van der Waals surface area contributed by atoms with Crippen molar-refractivity contribution >= 4 is 11.6 Å². The lowest BCUT2D eigenvalue weighted by atomic mass is 10.2. The van der Waals surface area contributed by atoms with E-state index in [1.54, 1.807) is 13.3 Å². The van der Waals surface area contributed by atoms with E-state index in [2.05, 4.69) is 9.97 Å². The van der Waals surface area contributed by atoms with Crippen LogP contribution in [0.25, 0.3) is 0 Å². The summed E-state index contributed by atoms with van der Waals surface area (Å²) >= 11 is 5.75. The second-order valence-electron chi connectivity index (χ2n) is 2.74. The maximum absolute atomic E-state index is 5.75. The van der Waals surface area contributed by atoms with E-state index in [-0.39, 0.29) is 5.92 Å². The molecule has 66 valence electrons. The number of halogens is 1. The molecule has 0 bridgehead atoms. The third-order valence-electron chi connectivity index (χ3n) is 1.44. The molecule has 0 spiro atoms. The van der Waals surface area contributed by atoms with Crippen LogP contribution in [0.2, 0.25) is 5.02 Å². The lowest BCUT2D eigenvalue weighted by Gasteiger charge is -2.05. The predicted molar refractivity (Wildman–Crippen MR) is 47.7 cm³/mol. The first-order valence-corrected chi connectivity index (χ1v) is 4.09. The average molecular weight is 187 g/mol. The molecular weight excluding hydrogens is 176 g/mol. The molecule has 1 aromatic rings. The van der Waals surface area contributed by atoms with Gasteiger partial charge in [0, 0.05) is 5.92 Å². The normalized spacial score (nSPS) is 10.4. The van der Waals surface area contributed by atoms with Gasteiger partial charge in [-0.2, -0.15) is 4.98 Å². The lowest BCUT2D eigenvalue weighted by Crippen LogP contribution is -1.99. The highest BCUT2D eigenvalue weighted by atomic mass is 35.5. The van der Waals surface area contributed by atoms with Gasteiger partial charge in [0.25, 0.3) is 0 Å². The molecular formula is C8H11ClN2O. The summed E-state index contributed by atoms with van der Waals surface area (Å²) in [5.41, 5.74) is 0. The van der Waals surface area contributed by atoms with E-state index in [1.165, 1.54) is 0 Å². The van der Waals surface area contributed by atoms with Crippen LogP contribution in [0.5, 0.6) is 5.88 Å². The maximum Gasteiger partial charge on any atom is 0.235 e. The van der Waals surface area contributed by atoms with Crippen molar-refractivity contribution < 1.29 is 4.74 Å². The Bertz CT molecular complexity index is 276. The summed E-state index contributed by atoms with van der Waals surface area (Å²) in [6.45, 7) is 4.03. The van der Waals surface area contributed by atoms with E-state index >= 15 is 0 Å². The van der Waals surface area contributed by atoms with Crippen LogP contribution in [-0.4, -0.2) is 17.1 Å². The number of hydrogen-bond donors (Lipinski definition) is 0. The molecule has 4 heteroatoms. The molecule has 0 amide bonds. The van der Waals surface area contributed by atoms with E-state index in [0.717, 1.165) is 5.82 Å². The van der Waals surface area contributed by atoms with Crippen molar-refractivity contribution in [1.82, 2.24) is 9.97 Å². The van der Waals surface area contributed by atoms with Gasteiger partial charge in [0.15, 0.2) is 0 Å². The summed E-state index contributed by atoms with van der Waals surface area (Å²) in [5, 5.41) is 0.446. The van der Waals surface area contributed by atoms with Crippen molar-refractivity contribution in [3.63, 3.8) is 0 Å². The Hall–Kier alpha value is -0.830. The quantitative estimate of drug-likeness (QED) is 0.711. The van der Waals surface area contributed by atoms with E-state index in [1.807, 2.05) is 13.8 Å². The van der Waals surface area contributed by atoms with Crippen molar-refractivity contribution in [3.8, 4) is 5.88 Å². The summed E-state index contributed by atoms with van der Waals surface area (Å²) in [4.78, 5) is 8.19. The molecule has 0 aromatic carbocycles. The van der Waals surface area contributed by atoms with Crippen LogP contribution >= 0.6 is 11.6 Å². The number of nitrogens with zero attached hydrogens (tertiary/aromatic N) is 2. The zero-order valence-electron chi connectivity index (χ0n) is 7.34. The molecule has 1 aromatic heterocycles. The Balaban J connectivity index is 3.05. The number of rotatable bonds is 2. The van der Waals surface area contributed by atoms with E-state index in [4.69, 9.17) is 16.3 Å². The van der Waals surface area contributed by atoms with Gasteiger partial charge in [-0.25, -0.2) is 4.98 Å². The highest BCUT2D eigenvalue weighted by Gasteiger charge is 2.07. The Morgan fingerprint density at radius 2 is 2.17 bits per heavy atom. The summed E-state index contributed by atoms with van der Waals surface area (Å²) in [5.74, 6) is 1.47. The van der Waals surface area contributed by atoms with Gasteiger partial charge < -0.3 is 4.74 Å². The minimum absolute atomic E-state index is 0.288. The van der Waals surface area contributed by atoms with E-state index in [0.29, 0.717) is 10.9 Å². The van der Waals surface area contributed by atoms with E-state index in [9.17, 15) is 0 Å². The topological polar surface area (TPSA) is 35.0 Å². The first-order chi connectivity index (χ1) is 5.65. The smallest absolute Gasteiger partial charge is 0.235 e. The first kappa shape index (κ1) is 9.26. The second kappa shape index (κ2) is 3.72. The largest absolute Gasteiger partial charge is 0.480 e. The Morgan fingerprint density at radius 3 is 2.67 bits per heavy atom. The van der Waals surface area contributed by atoms with Crippen LogP contribution < -0.4 is 4.74 Å². The van der Waals surface area contributed by atoms with Gasteiger partial charge >= 0.3 is 0 Å². The Kier molecular flexibility index (Phi) is 2.87. The summed E-state index contributed by atoms with van der Waals surface area (Å²) in [6.07, 6.45) is 1.56. The fraction of sp³-hybridized carbons (Fsp3) is 0.500. The molecule has 0 saturated carbocycles. The third-order valence-corrected chi connectivity index (χ3v) is 1.70. The fourth-order valence-corrected chi connectivity index (χ4v) is 0.954. The molecule has 12 heavy (non-hydrogen) atoms. The van der Waals surface area contributed by atoms with Crippen molar-refractivity contribution in [3.05, 3.63) is 17.0 Å². The van der Waals surface area contributed by atoms with Gasteiger partial charge in [-0.15, -0.1) is 0 Å². The van der Waals surface area contributed by atoms with Gasteiger partial charge in [-0.3, -0.25) is 0 Å². The summed E-state index contributed by atoms with van der Waals surface area (Å²) in [7, 11) is 1.54. The van der Waals surface area contributed by atoms with Gasteiger partial charge in [0.05, 0.1) is 13.3 Å². The second-order valence-corrected chi connectivity index (χ2v) is 3.15. The number of methoxy groups -OCH3 is 1. The lowest BCUT2D eigenvalue weighted by molar-refractivity contribution is 0.394. The number of aromatic nitrogens is 2. The molecule has 0 saturated heterocycles.